The molecule has 23 heavy (non-hydrogen) atoms. The van der Waals surface area contributed by atoms with Gasteiger partial charge in [0.15, 0.2) is 5.96 Å². The molecule has 0 fully saturated rings. The summed E-state index contributed by atoms with van der Waals surface area (Å²) in [6, 6.07) is 6.28. The van der Waals surface area contributed by atoms with Crippen LogP contribution in [-0.2, 0) is 6.54 Å². The van der Waals surface area contributed by atoms with Crippen LogP contribution in [0.2, 0.25) is 0 Å². The average Bonchev–Trinajstić information content (AvgIpc) is 2.51. The van der Waals surface area contributed by atoms with Crippen LogP contribution in [0.5, 0.6) is 0 Å². The summed E-state index contributed by atoms with van der Waals surface area (Å²) in [7, 11) is 0. The SMILES string of the molecule is CCCC(CCO)CNC(=NCc1ccc(Br)cc1C)NCC. The second-order valence-electron chi connectivity index (χ2n) is 5.81. The highest BCUT2D eigenvalue weighted by atomic mass is 79.9. The van der Waals surface area contributed by atoms with Crippen molar-refractivity contribution in [1.29, 1.82) is 0 Å². The maximum Gasteiger partial charge on any atom is 0.191 e. The van der Waals surface area contributed by atoms with Gasteiger partial charge in [-0.1, -0.05) is 35.3 Å². The Kier molecular flexibility index (Phi) is 9.96. The Morgan fingerprint density at radius 2 is 2.04 bits per heavy atom. The normalized spacial score (nSPS) is 13.0. The van der Waals surface area contributed by atoms with Crippen molar-refractivity contribution in [3.8, 4) is 0 Å². The van der Waals surface area contributed by atoms with E-state index in [0.717, 1.165) is 42.8 Å². The summed E-state index contributed by atoms with van der Waals surface area (Å²) in [6.45, 7) is 8.95. The molecule has 130 valence electrons. The molecule has 0 aliphatic rings. The first kappa shape index (κ1) is 20.0. The highest BCUT2D eigenvalue weighted by Gasteiger charge is 2.08. The topological polar surface area (TPSA) is 56.6 Å². The lowest BCUT2D eigenvalue weighted by Crippen LogP contribution is -2.40. The van der Waals surface area contributed by atoms with Gasteiger partial charge in [0.05, 0.1) is 6.54 Å². The third kappa shape index (κ3) is 7.84. The number of rotatable bonds is 9. The maximum atomic E-state index is 9.16. The number of hydrogen-bond donors (Lipinski definition) is 3. The lowest BCUT2D eigenvalue weighted by Gasteiger charge is -2.18. The van der Waals surface area contributed by atoms with Crippen molar-refractivity contribution in [1.82, 2.24) is 10.6 Å². The van der Waals surface area contributed by atoms with Gasteiger partial charge in [-0.15, -0.1) is 0 Å². The summed E-state index contributed by atoms with van der Waals surface area (Å²) in [5, 5.41) is 15.9. The first-order valence-electron chi connectivity index (χ1n) is 8.48. The van der Waals surface area contributed by atoms with Gasteiger partial charge in [-0.05, 0) is 55.9 Å². The molecule has 0 heterocycles. The highest BCUT2D eigenvalue weighted by molar-refractivity contribution is 9.10. The van der Waals surface area contributed by atoms with E-state index in [1.807, 2.05) is 0 Å². The largest absolute Gasteiger partial charge is 0.396 e. The van der Waals surface area contributed by atoms with E-state index in [2.05, 4.69) is 70.5 Å². The molecule has 0 aliphatic heterocycles. The standard InChI is InChI=1S/C18H30BrN3O/c1-4-6-15(9-10-23)12-21-18(20-5-2)22-13-16-7-8-17(19)11-14(16)3/h7-8,11,15,23H,4-6,9-10,12-13H2,1-3H3,(H2,20,21,22). The van der Waals surface area contributed by atoms with Crippen LogP contribution in [0.15, 0.2) is 27.7 Å². The molecule has 1 rings (SSSR count). The number of nitrogens with zero attached hydrogens (tertiary/aromatic N) is 1. The van der Waals surface area contributed by atoms with Crippen LogP contribution in [0.1, 0.15) is 44.2 Å². The van der Waals surface area contributed by atoms with Gasteiger partial charge in [0.1, 0.15) is 0 Å². The third-order valence-electron chi connectivity index (χ3n) is 3.85. The zero-order valence-electron chi connectivity index (χ0n) is 14.5. The molecular formula is C18H30BrN3O. The molecule has 0 radical (unpaired) electrons. The second kappa shape index (κ2) is 11.5. The van der Waals surface area contributed by atoms with Gasteiger partial charge in [-0.25, -0.2) is 4.99 Å². The number of halogens is 1. The lowest BCUT2D eigenvalue weighted by molar-refractivity contribution is 0.251. The van der Waals surface area contributed by atoms with Crippen LogP contribution in [-0.4, -0.2) is 30.8 Å². The van der Waals surface area contributed by atoms with Crippen molar-refractivity contribution in [3.63, 3.8) is 0 Å². The Labute approximate surface area is 148 Å². The minimum Gasteiger partial charge on any atom is -0.396 e. The van der Waals surface area contributed by atoms with Crippen molar-refractivity contribution in [3.05, 3.63) is 33.8 Å². The summed E-state index contributed by atoms with van der Waals surface area (Å²) in [5.74, 6) is 1.33. The molecule has 5 heteroatoms. The third-order valence-corrected chi connectivity index (χ3v) is 4.34. The Morgan fingerprint density at radius 1 is 1.26 bits per heavy atom. The summed E-state index contributed by atoms with van der Waals surface area (Å²) >= 11 is 3.49. The van der Waals surface area contributed by atoms with Gasteiger partial charge in [0, 0.05) is 24.2 Å². The Hall–Kier alpha value is -1.07. The van der Waals surface area contributed by atoms with E-state index in [-0.39, 0.29) is 6.61 Å². The predicted octanol–water partition coefficient (Wildman–Crippen LogP) is 3.61. The van der Waals surface area contributed by atoms with E-state index < -0.39 is 0 Å². The summed E-state index contributed by atoms with van der Waals surface area (Å²) in [6.07, 6.45) is 3.10. The molecule has 1 aromatic carbocycles. The van der Waals surface area contributed by atoms with E-state index in [1.165, 1.54) is 11.1 Å². The van der Waals surface area contributed by atoms with Gasteiger partial charge in [-0.3, -0.25) is 0 Å². The highest BCUT2D eigenvalue weighted by Crippen LogP contribution is 2.16. The number of hydrogen-bond acceptors (Lipinski definition) is 2. The Balaban J connectivity index is 2.65. The zero-order chi connectivity index (χ0) is 17.1. The smallest absolute Gasteiger partial charge is 0.191 e. The number of aliphatic imine (C=N–C) groups is 1. The molecule has 3 N–H and O–H groups in total. The molecule has 1 aromatic rings. The van der Waals surface area contributed by atoms with Crippen LogP contribution in [0, 0.1) is 12.8 Å². The fourth-order valence-corrected chi connectivity index (χ4v) is 3.00. The number of aliphatic hydroxyl groups is 1. The van der Waals surface area contributed by atoms with Gasteiger partial charge in [0.2, 0.25) is 0 Å². The molecule has 1 unspecified atom stereocenters. The van der Waals surface area contributed by atoms with E-state index in [0.29, 0.717) is 12.5 Å². The van der Waals surface area contributed by atoms with Crippen LogP contribution >= 0.6 is 15.9 Å². The number of aryl methyl sites for hydroxylation is 1. The number of nitrogens with one attached hydrogen (secondary N) is 2. The van der Waals surface area contributed by atoms with E-state index in [1.54, 1.807) is 0 Å². The van der Waals surface area contributed by atoms with Crippen molar-refractivity contribution >= 4 is 21.9 Å². The van der Waals surface area contributed by atoms with Crippen molar-refractivity contribution in [2.24, 2.45) is 10.9 Å². The fourth-order valence-electron chi connectivity index (χ4n) is 2.52. The summed E-state index contributed by atoms with van der Waals surface area (Å²) in [4.78, 5) is 4.68. The molecule has 0 spiro atoms. The van der Waals surface area contributed by atoms with Crippen LogP contribution in [0.3, 0.4) is 0 Å². The van der Waals surface area contributed by atoms with Crippen LogP contribution < -0.4 is 10.6 Å². The van der Waals surface area contributed by atoms with Gasteiger partial charge in [-0.2, -0.15) is 0 Å². The fraction of sp³-hybridized carbons (Fsp3) is 0.611. The molecule has 0 aliphatic carbocycles. The molecule has 1 atom stereocenters. The van der Waals surface area contributed by atoms with Gasteiger partial charge >= 0.3 is 0 Å². The molecule has 0 saturated carbocycles. The molecular weight excluding hydrogens is 354 g/mol. The zero-order valence-corrected chi connectivity index (χ0v) is 16.1. The van der Waals surface area contributed by atoms with E-state index in [9.17, 15) is 0 Å². The molecule has 0 amide bonds. The van der Waals surface area contributed by atoms with Crippen molar-refractivity contribution in [2.75, 3.05) is 19.7 Å². The molecule has 0 bridgehead atoms. The summed E-state index contributed by atoms with van der Waals surface area (Å²) < 4.78 is 1.10. The first-order valence-corrected chi connectivity index (χ1v) is 9.28. The van der Waals surface area contributed by atoms with Crippen molar-refractivity contribution < 1.29 is 5.11 Å². The lowest BCUT2D eigenvalue weighted by atomic mass is 10.0. The summed E-state index contributed by atoms with van der Waals surface area (Å²) in [5.41, 5.74) is 2.47. The van der Waals surface area contributed by atoms with Gasteiger partial charge < -0.3 is 15.7 Å². The number of guanidine groups is 1. The Bertz CT molecular complexity index is 485. The second-order valence-corrected chi connectivity index (χ2v) is 6.73. The number of benzene rings is 1. The quantitative estimate of drug-likeness (QED) is 0.450. The average molecular weight is 384 g/mol. The minimum absolute atomic E-state index is 0.248. The monoisotopic (exact) mass is 383 g/mol. The molecule has 0 aromatic heterocycles. The first-order chi connectivity index (χ1) is 11.1. The van der Waals surface area contributed by atoms with Gasteiger partial charge in [0.25, 0.3) is 0 Å². The van der Waals surface area contributed by atoms with Crippen molar-refractivity contribution in [2.45, 2.75) is 46.6 Å². The molecule has 0 saturated heterocycles. The van der Waals surface area contributed by atoms with Crippen LogP contribution in [0.25, 0.3) is 0 Å². The molecule has 4 nitrogen and oxygen atoms in total. The minimum atomic E-state index is 0.248. The predicted molar refractivity (Wildman–Crippen MR) is 102 cm³/mol. The van der Waals surface area contributed by atoms with E-state index >= 15 is 0 Å². The van der Waals surface area contributed by atoms with E-state index in [4.69, 9.17) is 5.11 Å². The number of aliphatic hydroxyl groups excluding tert-OH is 1. The van der Waals surface area contributed by atoms with Crippen LogP contribution in [0.4, 0.5) is 0 Å². The maximum absolute atomic E-state index is 9.16. The Morgan fingerprint density at radius 3 is 2.65 bits per heavy atom.